The zero-order valence-electron chi connectivity index (χ0n) is 11.8. The third-order valence-corrected chi connectivity index (χ3v) is 3.51. The van der Waals surface area contributed by atoms with E-state index < -0.39 is 12.0 Å². The predicted octanol–water partition coefficient (Wildman–Crippen LogP) is 1.40. The van der Waals surface area contributed by atoms with Crippen molar-refractivity contribution in [2.24, 2.45) is 0 Å². The van der Waals surface area contributed by atoms with E-state index in [0.717, 1.165) is 11.5 Å². The summed E-state index contributed by atoms with van der Waals surface area (Å²) in [5, 5.41) is 11.1. The molecule has 1 rings (SSSR count). The van der Waals surface area contributed by atoms with E-state index in [1.54, 1.807) is 0 Å². The molecule has 0 heterocycles. The molecule has 0 saturated carbocycles. The minimum atomic E-state index is -1.04. The van der Waals surface area contributed by atoms with Crippen LogP contribution >= 0.6 is 11.8 Å². The number of hydrogen-bond donors (Lipinski definition) is 2. The van der Waals surface area contributed by atoms with Gasteiger partial charge in [-0.3, -0.25) is 4.79 Å². The number of carboxylic acid groups (broad SMARTS) is 1. The quantitative estimate of drug-likeness (QED) is 0.474. The van der Waals surface area contributed by atoms with Gasteiger partial charge in [0.2, 0.25) is 6.41 Å². The first kappa shape index (κ1) is 17.2. The Morgan fingerprint density at radius 1 is 1.33 bits per heavy atom. The number of carbonyl (C=O) groups is 2. The molecule has 0 saturated heterocycles. The summed E-state index contributed by atoms with van der Waals surface area (Å²) in [5.74, 6) is 1.43. The Balaban J connectivity index is 2.21. The summed E-state index contributed by atoms with van der Waals surface area (Å²) in [6.07, 6.45) is 0.399. The van der Waals surface area contributed by atoms with Crippen molar-refractivity contribution in [2.75, 3.05) is 24.7 Å². The smallest absolute Gasteiger partial charge is 0.327 e. The van der Waals surface area contributed by atoms with Gasteiger partial charge in [-0.05, 0) is 31.2 Å². The van der Waals surface area contributed by atoms with Crippen LogP contribution in [0.1, 0.15) is 6.92 Å². The van der Waals surface area contributed by atoms with Crippen LogP contribution in [-0.4, -0.2) is 48.2 Å². The molecule has 0 spiro atoms. The first-order valence-corrected chi connectivity index (χ1v) is 7.68. The Morgan fingerprint density at radius 2 is 1.95 bits per heavy atom. The zero-order valence-corrected chi connectivity index (χ0v) is 12.6. The number of aliphatic carboxylic acids is 1. The predicted molar refractivity (Wildman–Crippen MR) is 81.1 cm³/mol. The maximum absolute atomic E-state index is 10.8. The standard InChI is InChI=1S/C14H19NO5S/c1-2-19-11-3-5-12(6-4-11)20-7-8-21-9-13(14(17)18)15-10-16/h3-6,10,13H,2,7-9H2,1H3,(H,15,16)(H,17,18). The highest BCUT2D eigenvalue weighted by atomic mass is 32.2. The van der Waals surface area contributed by atoms with Crippen molar-refractivity contribution in [2.45, 2.75) is 13.0 Å². The van der Waals surface area contributed by atoms with E-state index in [2.05, 4.69) is 5.32 Å². The van der Waals surface area contributed by atoms with Crippen LogP contribution in [0.5, 0.6) is 11.5 Å². The van der Waals surface area contributed by atoms with Gasteiger partial charge in [-0.15, -0.1) is 0 Å². The Labute approximate surface area is 127 Å². The monoisotopic (exact) mass is 313 g/mol. The lowest BCUT2D eigenvalue weighted by Crippen LogP contribution is -2.38. The summed E-state index contributed by atoms with van der Waals surface area (Å²) >= 11 is 1.41. The summed E-state index contributed by atoms with van der Waals surface area (Å²) in [5.41, 5.74) is 0. The molecule has 0 aliphatic carbocycles. The maximum atomic E-state index is 10.8. The summed E-state index contributed by atoms with van der Waals surface area (Å²) in [6.45, 7) is 3.01. The van der Waals surface area contributed by atoms with E-state index in [1.807, 2.05) is 31.2 Å². The number of hydrogen-bond acceptors (Lipinski definition) is 5. The molecule has 1 aromatic carbocycles. The van der Waals surface area contributed by atoms with Crippen molar-refractivity contribution in [1.29, 1.82) is 0 Å². The maximum Gasteiger partial charge on any atom is 0.327 e. The first-order valence-electron chi connectivity index (χ1n) is 6.53. The third-order valence-electron chi connectivity index (χ3n) is 2.48. The largest absolute Gasteiger partial charge is 0.494 e. The molecule has 7 heteroatoms. The van der Waals surface area contributed by atoms with E-state index in [0.29, 0.717) is 31.1 Å². The molecular formula is C14H19NO5S. The number of ether oxygens (including phenoxy) is 2. The van der Waals surface area contributed by atoms with Gasteiger partial charge in [0.25, 0.3) is 0 Å². The molecule has 1 unspecified atom stereocenters. The van der Waals surface area contributed by atoms with Gasteiger partial charge in [0.15, 0.2) is 0 Å². The molecular weight excluding hydrogens is 294 g/mol. The molecule has 0 aromatic heterocycles. The molecule has 1 atom stereocenters. The van der Waals surface area contributed by atoms with Gasteiger partial charge < -0.3 is 19.9 Å². The van der Waals surface area contributed by atoms with Gasteiger partial charge in [-0.1, -0.05) is 0 Å². The molecule has 0 bridgehead atoms. The highest BCUT2D eigenvalue weighted by Gasteiger charge is 2.15. The van der Waals surface area contributed by atoms with Gasteiger partial charge in [0, 0.05) is 11.5 Å². The summed E-state index contributed by atoms with van der Waals surface area (Å²) in [6, 6.07) is 6.45. The van der Waals surface area contributed by atoms with E-state index >= 15 is 0 Å². The first-order chi connectivity index (χ1) is 10.2. The Morgan fingerprint density at radius 3 is 2.48 bits per heavy atom. The summed E-state index contributed by atoms with van der Waals surface area (Å²) < 4.78 is 10.9. The van der Waals surface area contributed by atoms with Crippen molar-refractivity contribution in [3.8, 4) is 11.5 Å². The number of thioether (sulfide) groups is 1. The fraction of sp³-hybridized carbons (Fsp3) is 0.429. The highest BCUT2D eigenvalue weighted by Crippen LogP contribution is 2.17. The molecule has 116 valence electrons. The number of amides is 1. The van der Waals surface area contributed by atoms with Crippen LogP contribution in [-0.2, 0) is 9.59 Å². The molecule has 0 radical (unpaired) electrons. The van der Waals surface area contributed by atoms with Crippen molar-refractivity contribution in [3.63, 3.8) is 0 Å². The Bertz CT molecular complexity index is 437. The normalized spacial score (nSPS) is 11.5. The minimum Gasteiger partial charge on any atom is -0.494 e. The minimum absolute atomic E-state index is 0.306. The Kier molecular flexibility index (Phi) is 8.11. The molecule has 2 N–H and O–H groups in total. The summed E-state index contributed by atoms with van der Waals surface area (Å²) in [4.78, 5) is 21.0. The molecule has 0 fully saturated rings. The van der Waals surface area contributed by atoms with Crippen molar-refractivity contribution in [3.05, 3.63) is 24.3 Å². The fourth-order valence-corrected chi connectivity index (χ4v) is 2.33. The SMILES string of the molecule is CCOc1ccc(OCCSCC(NC=O)C(=O)O)cc1. The number of carbonyl (C=O) groups excluding carboxylic acids is 1. The molecule has 1 aromatic rings. The van der Waals surface area contributed by atoms with Crippen molar-refractivity contribution in [1.82, 2.24) is 5.32 Å². The Hall–Kier alpha value is -1.89. The van der Waals surface area contributed by atoms with Crippen LogP contribution < -0.4 is 14.8 Å². The van der Waals surface area contributed by atoms with E-state index in [9.17, 15) is 9.59 Å². The second-order valence-electron chi connectivity index (χ2n) is 4.00. The van der Waals surface area contributed by atoms with Crippen molar-refractivity contribution >= 4 is 24.1 Å². The highest BCUT2D eigenvalue weighted by molar-refractivity contribution is 7.99. The van der Waals surface area contributed by atoms with Crippen molar-refractivity contribution < 1.29 is 24.2 Å². The molecule has 6 nitrogen and oxygen atoms in total. The van der Waals surface area contributed by atoms with Gasteiger partial charge in [0.05, 0.1) is 13.2 Å². The van der Waals surface area contributed by atoms with Crippen LogP contribution in [0.15, 0.2) is 24.3 Å². The average Bonchev–Trinajstić information content (AvgIpc) is 2.47. The van der Waals surface area contributed by atoms with Crippen LogP contribution in [0.25, 0.3) is 0 Å². The number of carboxylic acids is 1. The fourth-order valence-electron chi connectivity index (χ4n) is 1.49. The molecule has 1 amide bonds. The third kappa shape index (κ3) is 6.89. The topological polar surface area (TPSA) is 84.9 Å². The molecule has 0 aliphatic heterocycles. The van der Waals surface area contributed by atoms with Gasteiger partial charge in [-0.2, -0.15) is 11.8 Å². The lowest BCUT2D eigenvalue weighted by molar-refractivity contribution is -0.139. The van der Waals surface area contributed by atoms with E-state index in [-0.39, 0.29) is 0 Å². The van der Waals surface area contributed by atoms with Crippen LogP contribution in [0.2, 0.25) is 0 Å². The van der Waals surface area contributed by atoms with Crippen LogP contribution in [0.4, 0.5) is 0 Å². The summed E-state index contributed by atoms with van der Waals surface area (Å²) in [7, 11) is 0. The molecule has 0 aliphatic rings. The number of nitrogens with one attached hydrogen (secondary N) is 1. The number of rotatable bonds is 11. The van der Waals surface area contributed by atoms with Crippen LogP contribution in [0, 0.1) is 0 Å². The van der Waals surface area contributed by atoms with Gasteiger partial charge in [0.1, 0.15) is 17.5 Å². The van der Waals surface area contributed by atoms with Gasteiger partial charge in [-0.25, -0.2) is 4.79 Å². The molecule has 21 heavy (non-hydrogen) atoms. The second kappa shape index (κ2) is 9.93. The average molecular weight is 313 g/mol. The van der Waals surface area contributed by atoms with Crippen LogP contribution in [0.3, 0.4) is 0 Å². The zero-order chi connectivity index (χ0) is 15.5. The van der Waals surface area contributed by atoms with E-state index in [4.69, 9.17) is 14.6 Å². The number of benzene rings is 1. The lowest BCUT2D eigenvalue weighted by atomic mass is 10.3. The van der Waals surface area contributed by atoms with Gasteiger partial charge >= 0.3 is 5.97 Å². The van der Waals surface area contributed by atoms with E-state index in [1.165, 1.54) is 11.8 Å². The lowest BCUT2D eigenvalue weighted by Gasteiger charge is -2.11. The second-order valence-corrected chi connectivity index (χ2v) is 5.15.